The van der Waals surface area contributed by atoms with Crippen molar-refractivity contribution in [3.05, 3.63) is 102 Å². The van der Waals surface area contributed by atoms with Gasteiger partial charge in [-0.15, -0.1) is 0 Å². The normalized spacial score (nSPS) is 14.2. The largest absolute Gasteiger partial charge is 0.490 e. The van der Waals surface area contributed by atoms with Crippen LogP contribution in [0.25, 0.3) is 0 Å². The summed E-state index contributed by atoms with van der Waals surface area (Å²) in [4.78, 5) is 35.9. The van der Waals surface area contributed by atoms with E-state index in [1.54, 1.807) is 56.3 Å². The van der Waals surface area contributed by atoms with Crippen LogP contribution in [0.3, 0.4) is 0 Å². The molecule has 3 aromatic rings. The molecular formula is C32H32IN5O8S. The third kappa shape index (κ3) is 9.38. The molecule has 4 rings (SSSR count). The second-order valence-corrected chi connectivity index (χ2v) is 11.5. The van der Waals surface area contributed by atoms with Crippen LogP contribution in [0, 0.1) is 13.7 Å². The molecule has 1 aliphatic rings. The molecule has 246 valence electrons. The maximum absolute atomic E-state index is 12.8. The maximum Gasteiger partial charge on any atom is 0.338 e. The second-order valence-electron chi connectivity index (χ2n) is 9.89. The number of allylic oxidation sites excluding steroid dienone is 1. The van der Waals surface area contributed by atoms with Crippen molar-refractivity contribution < 1.29 is 33.5 Å². The van der Waals surface area contributed by atoms with Crippen molar-refractivity contribution in [2.45, 2.75) is 33.4 Å². The van der Waals surface area contributed by atoms with Gasteiger partial charge in [0.2, 0.25) is 0 Å². The number of hydrogen-bond acceptors (Lipinski definition) is 10. The number of benzene rings is 3. The molecule has 1 heterocycles. The van der Waals surface area contributed by atoms with Crippen LogP contribution in [0.2, 0.25) is 0 Å². The number of nitro benzene ring substituents is 1. The molecule has 0 aromatic heterocycles. The summed E-state index contributed by atoms with van der Waals surface area (Å²) in [5.41, 5.74) is 5.38. The number of thiocarbonyl (C=S) groups is 1. The van der Waals surface area contributed by atoms with Gasteiger partial charge in [0, 0.05) is 23.4 Å². The van der Waals surface area contributed by atoms with E-state index in [1.807, 2.05) is 13.0 Å². The van der Waals surface area contributed by atoms with Crippen LogP contribution >= 0.6 is 34.8 Å². The van der Waals surface area contributed by atoms with Crippen molar-refractivity contribution in [3.63, 3.8) is 0 Å². The van der Waals surface area contributed by atoms with Crippen molar-refractivity contribution in [1.82, 2.24) is 16.1 Å². The number of esters is 1. The van der Waals surface area contributed by atoms with Crippen molar-refractivity contribution in [2.24, 2.45) is 5.10 Å². The Labute approximate surface area is 290 Å². The van der Waals surface area contributed by atoms with E-state index in [9.17, 15) is 19.7 Å². The summed E-state index contributed by atoms with van der Waals surface area (Å²) in [5.74, 6) is 0.366. The Morgan fingerprint density at radius 1 is 1.06 bits per heavy atom. The SMILES string of the molecule is CCOC(=O)C1=C(C)NC(=S)N[C@@H]1c1ccccc1OCC(=O)NN=Cc1cc(I)c(OCc2ccc([N+](=O)[O-])cc2)c(OCC)c1. The highest BCUT2D eigenvalue weighted by Gasteiger charge is 2.32. The van der Waals surface area contributed by atoms with Crippen molar-refractivity contribution in [2.75, 3.05) is 19.8 Å². The minimum Gasteiger partial charge on any atom is -0.490 e. The number of carbonyl (C=O) groups excluding carboxylic acids is 2. The van der Waals surface area contributed by atoms with Crippen molar-refractivity contribution in [3.8, 4) is 17.2 Å². The van der Waals surface area contributed by atoms with Gasteiger partial charge in [0.25, 0.3) is 11.6 Å². The van der Waals surface area contributed by atoms with E-state index in [0.717, 1.165) is 9.13 Å². The number of ether oxygens (including phenoxy) is 4. The van der Waals surface area contributed by atoms with E-state index in [0.29, 0.717) is 51.4 Å². The first kappa shape index (κ1) is 35.1. The van der Waals surface area contributed by atoms with E-state index >= 15 is 0 Å². The first-order chi connectivity index (χ1) is 22.6. The predicted molar refractivity (Wildman–Crippen MR) is 186 cm³/mol. The fourth-order valence-electron chi connectivity index (χ4n) is 4.55. The molecule has 0 fully saturated rings. The maximum atomic E-state index is 12.8. The lowest BCUT2D eigenvalue weighted by Gasteiger charge is -2.30. The van der Waals surface area contributed by atoms with Gasteiger partial charge in [0.1, 0.15) is 12.4 Å². The summed E-state index contributed by atoms with van der Waals surface area (Å²) in [7, 11) is 0. The molecule has 0 saturated heterocycles. The Balaban J connectivity index is 1.40. The summed E-state index contributed by atoms with van der Waals surface area (Å²) >= 11 is 7.43. The zero-order chi connectivity index (χ0) is 33.9. The highest BCUT2D eigenvalue weighted by atomic mass is 127. The van der Waals surface area contributed by atoms with Crippen LogP contribution in [-0.2, 0) is 20.9 Å². The molecule has 0 radical (unpaired) electrons. The topological polar surface area (TPSA) is 163 Å². The van der Waals surface area contributed by atoms with Crippen molar-refractivity contribution in [1.29, 1.82) is 0 Å². The lowest BCUT2D eigenvalue weighted by Crippen LogP contribution is -2.45. The van der Waals surface area contributed by atoms with Gasteiger partial charge in [-0.25, -0.2) is 10.2 Å². The highest BCUT2D eigenvalue weighted by Crippen LogP contribution is 2.35. The molecule has 0 unspecified atom stereocenters. The number of non-ortho nitro benzene ring substituents is 1. The van der Waals surface area contributed by atoms with Crippen LogP contribution in [0.15, 0.2) is 77.0 Å². The molecule has 1 amide bonds. The standard InChI is InChI=1S/C32H32IN5O8S/c1-4-43-26-15-21(14-24(33)30(26)46-17-20-10-12-22(13-11-20)38(41)42)16-34-37-27(39)18-45-25-9-7-6-8-23(25)29-28(31(40)44-5-2)19(3)35-32(47)36-29/h6-16,29H,4-5,17-18H2,1-3H3,(H,37,39)(H2,35,36,47)/t29-/m1/s1. The van der Waals surface area contributed by atoms with Gasteiger partial charge in [0.15, 0.2) is 23.2 Å². The minimum absolute atomic E-state index is 0.00205. The average Bonchev–Trinajstić information content (AvgIpc) is 3.03. The van der Waals surface area contributed by atoms with Crippen LogP contribution in [0.1, 0.15) is 43.5 Å². The van der Waals surface area contributed by atoms with Crippen molar-refractivity contribution >= 4 is 63.7 Å². The van der Waals surface area contributed by atoms with Gasteiger partial charge in [-0.1, -0.05) is 18.2 Å². The average molecular weight is 774 g/mol. The molecule has 3 aromatic carbocycles. The van der Waals surface area contributed by atoms with Crippen LogP contribution in [-0.4, -0.2) is 47.9 Å². The predicted octanol–water partition coefficient (Wildman–Crippen LogP) is 5.06. The molecule has 0 spiro atoms. The van der Waals surface area contributed by atoms with Gasteiger partial charge in [-0.3, -0.25) is 14.9 Å². The van der Waals surface area contributed by atoms with Gasteiger partial charge in [-0.05, 0) is 97.0 Å². The third-order valence-corrected chi connectivity index (χ3v) is 7.64. The monoisotopic (exact) mass is 773 g/mol. The number of nitrogens with one attached hydrogen (secondary N) is 3. The molecule has 1 aliphatic heterocycles. The molecular weight excluding hydrogens is 741 g/mol. The number of carbonyl (C=O) groups is 2. The van der Waals surface area contributed by atoms with E-state index in [1.165, 1.54) is 18.3 Å². The Kier molecular flexibility index (Phi) is 12.5. The molecule has 13 nitrogen and oxygen atoms in total. The quantitative estimate of drug-likeness (QED) is 0.0502. The number of hydrogen-bond donors (Lipinski definition) is 3. The Hall–Kier alpha value is -4.77. The van der Waals surface area contributed by atoms with E-state index in [-0.39, 0.29) is 25.5 Å². The second kappa shape index (κ2) is 16.7. The minimum atomic E-state index is -0.650. The molecule has 0 saturated carbocycles. The fraction of sp³-hybridized carbons (Fsp3) is 0.250. The van der Waals surface area contributed by atoms with Crippen LogP contribution < -0.4 is 30.3 Å². The van der Waals surface area contributed by atoms with E-state index < -0.39 is 22.8 Å². The molecule has 47 heavy (non-hydrogen) atoms. The first-order valence-electron chi connectivity index (χ1n) is 14.4. The summed E-state index contributed by atoms with van der Waals surface area (Å²) in [6.07, 6.45) is 1.47. The molecule has 0 aliphatic carbocycles. The Morgan fingerprint density at radius 2 is 1.81 bits per heavy atom. The lowest BCUT2D eigenvalue weighted by molar-refractivity contribution is -0.384. The van der Waals surface area contributed by atoms with E-state index in [4.69, 9.17) is 31.2 Å². The third-order valence-electron chi connectivity index (χ3n) is 6.62. The zero-order valence-corrected chi connectivity index (χ0v) is 28.7. The Bertz CT molecular complexity index is 1710. The Morgan fingerprint density at radius 3 is 2.51 bits per heavy atom. The fourth-order valence-corrected chi connectivity index (χ4v) is 5.60. The van der Waals surface area contributed by atoms with Gasteiger partial charge in [-0.2, -0.15) is 5.10 Å². The summed E-state index contributed by atoms with van der Waals surface area (Å²) in [6.45, 7) is 5.73. The number of hydrazone groups is 1. The number of nitrogens with zero attached hydrogens (tertiary/aromatic N) is 2. The number of para-hydroxylation sites is 1. The number of rotatable bonds is 14. The van der Waals surface area contributed by atoms with Gasteiger partial charge >= 0.3 is 5.97 Å². The number of halogens is 1. The van der Waals surface area contributed by atoms with E-state index in [2.05, 4.69) is 43.8 Å². The molecule has 1 atom stereocenters. The zero-order valence-electron chi connectivity index (χ0n) is 25.7. The van der Waals surface area contributed by atoms with Crippen LogP contribution in [0.4, 0.5) is 5.69 Å². The van der Waals surface area contributed by atoms with Gasteiger partial charge in [0.05, 0.1) is 39.5 Å². The summed E-state index contributed by atoms with van der Waals surface area (Å²) in [6, 6.07) is 16.0. The summed E-state index contributed by atoms with van der Waals surface area (Å²) < 4.78 is 23.6. The lowest BCUT2D eigenvalue weighted by atomic mass is 9.95. The summed E-state index contributed by atoms with van der Waals surface area (Å²) in [5, 5.41) is 21.4. The number of nitro groups is 1. The van der Waals surface area contributed by atoms with Crippen LogP contribution in [0.5, 0.6) is 17.2 Å². The molecule has 0 bridgehead atoms. The first-order valence-corrected chi connectivity index (χ1v) is 15.9. The smallest absolute Gasteiger partial charge is 0.338 e. The molecule has 15 heteroatoms. The number of amides is 1. The molecule has 3 N–H and O–H groups in total. The highest BCUT2D eigenvalue weighted by molar-refractivity contribution is 14.1. The van der Waals surface area contributed by atoms with Gasteiger partial charge < -0.3 is 29.6 Å².